The van der Waals surface area contributed by atoms with Gasteiger partial charge in [0.25, 0.3) is 11.8 Å². The van der Waals surface area contributed by atoms with Crippen LogP contribution in [-0.2, 0) is 0 Å². The van der Waals surface area contributed by atoms with Gasteiger partial charge in [-0.2, -0.15) is 4.98 Å². The molecule has 2 fully saturated rings. The molecule has 0 bridgehead atoms. The molecular weight excluding hydrogens is 371 g/mol. The van der Waals surface area contributed by atoms with Crippen molar-refractivity contribution in [2.24, 2.45) is 0 Å². The second kappa shape index (κ2) is 7.40. The summed E-state index contributed by atoms with van der Waals surface area (Å²) in [6.07, 6.45) is 2.23. The van der Waals surface area contributed by atoms with Crippen LogP contribution in [0.25, 0.3) is 11.5 Å². The minimum absolute atomic E-state index is 0.0727. The van der Waals surface area contributed by atoms with Gasteiger partial charge in [0, 0.05) is 36.7 Å². The van der Waals surface area contributed by atoms with Crippen molar-refractivity contribution in [2.45, 2.75) is 24.8 Å². The Bertz CT molecular complexity index is 1030. The number of piperazine rings is 1. The third-order valence-corrected chi connectivity index (χ3v) is 5.50. The molecule has 1 unspecified atom stereocenters. The first-order valence-corrected chi connectivity index (χ1v) is 9.90. The maximum Gasteiger partial charge on any atom is 0.257 e. The Labute approximate surface area is 167 Å². The molecule has 5 rings (SSSR count). The summed E-state index contributed by atoms with van der Waals surface area (Å²) >= 11 is 0. The highest BCUT2D eigenvalue weighted by atomic mass is 19.1. The van der Waals surface area contributed by atoms with Crippen molar-refractivity contribution in [1.29, 1.82) is 0 Å². The summed E-state index contributed by atoms with van der Waals surface area (Å²) in [5.41, 5.74) is 2.17. The van der Waals surface area contributed by atoms with E-state index in [1.54, 1.807) is 23.1 Å². The van der Waals surface area contributed by atoms with E-state index in [4.69, 9.17) is 4.52 Å². The zero-order valence-corrected chi connectivity index (χ0v) is 15.8. The molecule has 0 radical (unpaired) electrons. The molecule has 1 aromatic heterocycles. The number of carbonyl (C=O) groups excluding carboxylic acids is 1. The van der Waals surface area contributed by atoms with Gasteiger partial charge in [0.15, 0.2) is 5.82 Å². The van der Waals surface area contributed by atoms with Gasteiger partial charge in [0.05, 0.1) is 6.04 Å². The van der Waals surface area contributed by atoms with Gasteiger partial charge >= 0.3 is 0 Å². The van der Waals surface area contributed by atoms with Crippen molar-refractivity contribution < 1.29 is 13.7 Å². The predicted octanol–water partition coefficient (Wildman–Crippen LogP) is 3.54. The number of nitrogens with one attached hydrogen (secondary N) is 1. The van der Waals surface area contributed by atoms with Crippen LogP contribution in [0.5, 0.6) is 0 Å². The number of halogens is 1. The van der Waals surface area contributed by atoms with Crippen molar-refractivity contribution >= 4 is 5.91 Å². The van der Waals surface area contributed by atoms with E-state index in [9.17, 15) is 9.18 Å². The number of benzene rings is 2. The fourth-order valence-electron chi connectivity index (χ4n) is 3.74. The molecular formula is C22H21FN4O2. The third-order valence-electron chi connectivity index (χ3n) is 5.50. The average Bonchev–Trinajstić information content (AvgIpc) is 3.50. The summed E-state index contributed by atoms with van der Waals surface area (Å²) in [5.74, 6) is 1.30. The molecule has 3 aromatic rings. The fourth-order valence-corrected chi connectivity index (χ4v) is 3.74. The molecule has 1 N–H and O–H groups in total. The first-order valence-electron chi connectivity index (χ1n) is 9.90. The summed E-state index contributed by atoms with van der Waals surface area (Å²) in [6, 6.07) is 13.5. The molecule has 1 aliphatic carbocycles. The van der Waals surface area contributed by atoms with E-state index in [1.165, 1.54) is 12.1 Å². The molecule has 1 saturated carbocycles. The van der Waals surface area contributed by atoms with Crippen LogP contribution in [0.4, 0.5) is 4.39 Å². The van der Waals surface area contributed by atoms with Gasteiger partial charge in [-0.25, -0.2) is 4.39 Å². The van der Waals surface area contributed by atoms with Gasteiger partial charge in [0.1, 0.15) is 5.82 Å². The van der Waals surface area contributed by atoms with E-state index >= 15 is 0 Å². The van der Waals surface area contributed by atoms with Crippen molar-refractivity contribution in [1.82, 2.24) is 20.4 Å². The number of amides is 1. The first-order chi connectivity index (χ1) is 14.2. The summed E-state index contributed by atoms with van der Waals surface area (Å²) in [7, 11) is 0. The normalized spacial score (nSPS) is 19.3. The van der Waals surface area contributed by atoms with Gasteiger partial charge in [-0.3, -0.25) is 4.79 Å². The quantitative estimate of drug-likeness (QED) is 0.735. The van der Waals surface area contributed by atoms with Crippen molar-refractivity contribution in [3.63, 3.8) is 0 Å². The lowest BCUT2D eigenvalue weighted by atomic mass is 10.0. The van der Waals surface area contributed by atoms with E-state index in [2.05, 4.69) is 15.5 Å². The SMILES string of the molecule is O=C(c1ccc(-c2nc(C3CC3)no2)cc1)N1CCNCC1c1cccc(F)c1. The summed E-state index contributed by atoms with van der Waals surface area (Å²) in [5, 5.41) is 7.33. The van der Waals surface area contributed by atoms with Crippen LogP contribution in [0.3, 0.4) is 0 Å². The van der Waals surface area contributed by atoms with Crippen LogP contribution in [0.15, 0.2) is 53.1 Å². The number of rotatable bonds is 4. The molecule has 1 atom stereocenters. The molecule has 0 spiro atoms. The van der Waals surface area contributed by atoms with Crippen LogP contribution in [0.1, 0.15) is 46.5 Å². The maximum absolute atomic E-state index is 13.7. The molecule has 1 aliphatic heterocycles. The highest BCUT2D eigenvalue weighted by Crippen LogP contribution is 2.38. The zero-order chi connectivity index (χ0) is 19.8. The fraction of sp³-hybridized carbons (Fsp3) is 0.318. The molecule has 148 valence electrons. The standard InChI is InChI=1S/C22H21FN4O2/c23-18-3-1-2-17(12-18)19-13-24-10-11-27(19)22(28)16-8-6-15(7-9-16)21-25-20(26-29-21)14-4-5-14/h1-3,6-9,12,14,19,24H,4-5,10-11,13H2. The summed E-state index contributed by atoms with van der Waals surface area (Å²) in [4.78, 5) is 19.4. The maximum atomic E-state index is 13.7. The Morgan fingerprint density at radius 3 is 2.76 bits per heavy atom. The van der Waals surface area contributed by atoms with E-state index in [-0.39, 0.29) is 17.8 Å². The molecule has 29 heavy (non-hydrogen) atoms. The smallest absolute Gasteiger partial charge is 0.257 e. The largest absolute Gasteiger partial charge is 0.334 e. The minimum atomic E-state index is -0.296. The third kappa shape index (κ3) is 3.65. The highest BCUT2D eigenvalue weighted by Gasteiger charge is 2.30. The van der Waals surface area contributed by atoms with Crippen LogP contribution in [-0.4, -0.2) is 40.6 Å². The number of nitrogens with zero attached hydrogens (tertiary/aromatic N) is 3. The lowest BCUT2D eigenvalue weighted by molar-refractivity contribution is 0.0634. The Morgan fingerprint density at radius 1 is 1.17 bits per heavy atom. The minimum Gasteiger partial charge on any atom is -0.334 e. The first kappa shape index (κ1) is 18.0. The second-order valence-corrected chi connectivity index (χ2v) is 7.58. The molecule has 2 aromatic carbocycles. The Kier molecular flexibility index (Phi) is 4.60. The molecule has 1 saturated heterocycles. The molecule has 2 heterocycles. The van der Waals surface area contributed by atoms with Crippen molar-refractivity contribution in [2.75, 3.05) is 19.6 Å². The Balaban J connectivity index is 1.36. The van der Waals surface area contributed by atoms with Gasteiger partial charge in [-0.1, -0.05) is 17.3 Å². The van der Waals surface area contributed by atoms with E-state index < -0.39 is 0 Å². The van der Waals surface area contributed by atoms with Crippen LogP contribution < -0.4 is 5.32 Å². The lowest BCUT2D eigenvalue weighted by Gasteiger charge is -2.36. The lowest BCUT2D eigenvalue weighted by Crippen LogP contribution is -2.48. The van der Waals surface area contributed by atoms with E-state index in [1.807, 2.05) is 18.2 Å². The Morgan fingerprint density at radius 2 is 2.00 bits per heavy atom. The average molecular weight is 392 g/mol. The monoisotopic (exact) mass is 392 g/mol. The number of carbonyl (C=O) groups is 1. The predicted molar refractivity (Wildman–Crippen MR) is 105 cm³/mol. The van der Waals surface area contributed by atoms with Crippen LogP contribution in [0, 0.1) is 5.82 Å². The van der Waals surface area contributed by atoms with Crippen LogP contribution >= 0.6 is 0 Å². The molecule has 6 nitrogen and oxygen atoms in total. The van der Waals surface area contributed by atoms with E-state index in [0.717, 1.165) is 29.8 Å². The van der Waals surface area contributed by atoms with Crippen LogP contribution in [0.2, 0.25) is 0 Å². The zero-order valence-electron chi connectivity index (χ0n) is 15.8. The van der Waals surface area contributed by atoms with Gasteiger partial charge in [-0.15, -0.1) is 0 Å². The molecule has 2 aliphatic rings. The van der Waals surface area contributed by atoms with Crippen molar-refractivity contribution in [3.05, 3.63) is 71.3 Å². The number of aromatic nitrogens is 2. The van der Waals surface area contributed by atoms with Gasteiger partial charge in [-0.05, 0) is 54.8 Å². The number of hydrogen-bond donors (Lipinski definition) is 1. The van der Waals surface area contributed by atoms with E-state index in [0.29, 0.717) is 37.0 Å². The molecule has 7 heteroatoms. The molecule has 1 amide bonds. The second-order valence-electron chi connectivity index (χ2n) is 7.58. The Hall–Kier alpha value is -3.06. The van der Waals surface area contributed by atoms with Gasteiger partial charge in [0.2, 0.25) is 0 Å². The summed E-state index contributed by atoms with van der Waals surface area (Å²) in [6.45, 7) is 1.87. The summed E-state index contributed by atoms with van der Waals surface area (Å²) < 4.78 is 19.0. The topological polar surface area (TPSA) is 71.3 Å². The number of hydrogen-bond acceptors (Lipinski definition) is 5. The van der Waals surface area contributed by atoms with Crippen molar-refractivity contribution in [3.8, 4) is 11.5 Å². The van der Waals surface area contributed by atoms with Gasteiger partial charge < -0.3 is 14.7 Å². The highest BCUT2D eigenvalue weighted by molar-refractivity contribution is 5.95.